The van der Waals surface area contributed by atoms with Gasteiger partial charge in [0.15, 0.2) is 0 Å². The highest BCUT2D eigenvalue weighted by Gasteiger charge is 2.08. The zero-order valence-electron chi connectivity index (χ0n) is 28.6. The summed E-state index contributed by atoms with van der Waals surface area (Å²) >= 11 is 3.49. The average Bonchev–Trinajstić information content (AvgIpc) is 3.17. The maximum atomic E-state index is 13.1. The fourth-order valence-electron chi connectivity index (χ4n) is 5.69. The average molecular weight is 724 g/mol. The molecule has 50 heavy (non-hydrogen) atoms. The van der Waals surface area contributed by atoms with Crippen LogP contribution >= 0.6 is 15.9 Å². The van der Waals surface area contributed by atoms with Gasteiger partial charge in [-0.25, -0.2) is 4.39 Å². The van der Waals surface area contributed by atoms with Gasteiger partial charge in [0.25, 0.3) is 0 Å². The summed E-state index contributed by atoms with van der Waals surface area (Å²) < 4.78 is 14.2. The molecule has 0 aliphatic carbocycles. The molecule has 0 aliphatic heterocycles. The maximum absolute atomic E-state index is 13.1. The van der Waals surface area contributed by atoms with Gasteiger partial charge < -0.3 is 10.6 Å². The molecule has 0 saturated carbocycles. The summed E-state index contributed by atoms with van der Waals surface area (Å²) in [4.78, 5) is 0. The first-order valence-electron chi connectivity index (χ1n) is 17.1. The normalized spacial score (nSPS) is 11.8. The van der Waals surface area contributed by atoms with E-state index in [9.17, 15) is 4.39 Å². The van der Waals surface area contributed by atoms with Crippen LogP contribution in [0.4, 0.5) is 4.39 Å². The van der Waals surface area contributed by atoms with Gasteiger partial charge in [0.2, 0.25) is 0 Å². The molecule has 4 heteroatoms. The van der Waals surface area contributed by atoms with Crippen LogP contribution in [0.2, 0.25) is 0 Å². The molecule has 0 spiro atoms. The number of halogens is 2. The van der Waals surface area contributed by atoms with Crippen LogP contribution in [0.1, 0.15) is 59.3 Å². The van der Waals surface area contributed by atoms with Gasteiger partial charge in [-0.1, -0.05) is 174 Å². The van der Waals surface area contributed by atoms with Crippen LogP contribution in [0.5, 0.6) is 0 Å². The molecule has 0 radical (unpaired) electrons. The van der Waals surface area contributed by atoms with Crippen molar-refractivity contribution in [3.8, 4) is 0 Å². The van der Waals surface area contributed by atoms with Gasteiger partial charge in [-0.2, -0.15) is 0 Å². The van der Waals surface area contributed by atoms with Crippen molar-refractivity contribution in [3.05, 3.63) is 226 Å². The Bertz CT molecular complexity index is 1680. The highest BCUT2D eigenvalue weighted by molar-refractivity contribution is 9.10. The van der Waals surface area contributed by atoms with Crippen molar-refractivity contribution in [2.45, 2.75) is 25.9 Å². The largest absolute Gasteiger partial charge is 0.307 e. The second-order valence-corrected chi connectivity index (χ2v) is 13.0. The number of benzene rings is 6. The summed E-state index contributed by atoms with van der Waals surface area (Å²) in [5.74, 6) is -0.203. The fraction of sp³-hybridized carbons (Fsp3) is 0.130. The highest BCUT2D eigenvalue weighted by atomic mass is 79.9. The standard InChI is InChI=1S/C23H22BrN.C23H22FN/c2*1-18(19-12-14-22(24)15-13-19)25-17-16-23(20-8-4-2-5-9-20)21-10-6-3-7-11-21/h2*2-16,18,25H,17H2,1H3. The minimum absolute atomic E-state index is 0.157. The Balaban J connectivity index is 0.000000194. The van der Waals surface area contributed by atoms with Gasteiger partial charge in [-0.15, -0.1) is 0 Å². The molecular formula is C46H44BrFN2. The molecule has 2 N–H and O–H groups in total. The Kier molecular flexibility index (Phi) is 14.1. The quantitative estimate of drug-likeness (QED) is 0.131. The molecule has 6 aromatic rings. The van der Waals surface area contributed by atoms with Crippen LogP contribution in [0, 0.1) is 5.82 Å². The van der Waals surface area contributed by atoms with E-state index in [1.807, 2.05) is 24.3 Å². The Morgan fingerprint density at radius 2 is 0.780 bits per heavy atom. The van der Waals surface area contributed by atoms with E-state index in [2.05, 4.69) is 186 Å². The van der Waals surface area contributed by atoms with Crippen molar-refractivity contribution in [1.29, 1.82) is 0 Å². The van der Waals surface area contributed by atoms with E-state index in [0.717, 1.165) is 23.1 Å². The summed E-state index contributed by atoms with van der Waals surface area (Å²) in [7, 11) is 0. The third kappa shape index (κ3) is 11.1. The van der Waals surface area contributed by atoms with Crippen LogP contribution in [-0.2, 0) is 0 Å². The Hall–Kier alpha value is -4.87. The number of hydrogen-bond donors (Lipinski definition) is 2. The molecule has 6 rings (SSSR count). The van der Waals surface area contributed by atoms with Gasteiger partial charge in [-0.3, -0.25) is 0 Å². The van der Waals surface area contributed by atoms with Crippen LogP contribution in [-0.4, -0.2) is 13.1 Å². The maximum Gasteiger partial charge on any atom is 0.123 e. The summed E-state index contributed by atoms with van der Waals surface area (Å²) in [6.45, 7) is 5.83. The molecule has 6 aromatic carbocycles. The van der Waals surface area contributed by atoms with E-state index in [-0.39, 0.29) is 11.9 Å². The van der Waals surface area contributed by atoms with Crippen molar-refractivity contribution in [3.63, 3.8) is 0 Å². The number of nitrogens with one attached hydrogen (secondary N) is 2. The second kappa shape index (κ2) is 19.4. The highest BCUT2D eigenvalue weighted by Crippen LogP contribution is 2.24. The van der Waals surface area contributed by atoms with E-state index >= 15 is 0 Å². The van der Waals surface area contributed by atoms with Gasteiger partial charge in [0.1, 0.15) is 5.82 Å². The Labute approximate surface area is 305 Å². The molecule has 2 atom stereocenters. The molecule has 0 bridgehead atoms. The molecule has 0 heterocycles. The summed E-state index contributed by atoms with van der Waals surface area (Å²) in [6.07, 6.45) is 4.49. The SMILES string of the molecule is CC(NCC=C(c1ccccc1)c1ccccc1)c1ccc(Br)cc1.CC(NCC=C(c1ccccc1)c1ccccc1)c1ccc(F)cc1. The summed E-state index contributed by atoms with van der Waals surface area (Å²) in [5.41, 5.74) is 9.72. The third-order valence-corrected chi connectivity index (χ3v) is 9.07. The Morgan fingerprint density at radius 1 is 0.480 bits per heavy atom. The van der Waals surface area contributed by atoms with Crippen molar-refractivity contribution in [2.75, 3.05) is 13.1 Å². The lowest BCUT2D eigenvalue weighted by Gasteiger charge is -2.14. The molecule has 0 saturated heterocycles. The van der Waals surface area contributed by atoms with Crippen molar-refractivity contribution < 1.29 is 4.39 Å². The van der Waals surface area contributed by atoms with Crippen molar-refractivity contribution >= 4 is 27.1 Å². The third-order valence-electron chi connectivity index (χ3n) is 8.54. The summed E-state index contributed by atoms with van der Waals surface area (Å²) in [6, 6.07) is 57.5. The molecule has 0 aromatic heterocycles. The zero-order valence-corrected chi connectivity index (χ0v) is 30.2. The van der Waals surface area contributed by atoms with Crippen LogP contribution < -0.4 is 10.6 Å². The van der Waals surface area contributed by atoms with Crippen LogP contribution in [0.3, 0.4) is 0 Å². The van der Waals surface area contributed by atoms with Gasteiger partial charge in [0.05, 0.1) is 0 Å². The zero-order chi connectivity index (χ0) is 35.0. The predicted molar refractivity (Wildman–Crippen MR) is 213 cm³/mol. The summed E-state index contributed by atoms with van der Waals surface area (Å²) in [5, 5.41) is 7.09. The van der Waals surface area contributed by atoms with E-state index in [1.54, 1.807) is 0 Å². The van der Waals surface area contributed by atoms with E-state index in [0.29, 0.717) is 6.04 Å². The van der Waals surface area contributed by atoms with Crippen molar-refractivity contribution in [2.24, 2.45) is 0 Å². The first-order chi connectivity index (χ1) is 24.5. The molecular weight excluding hydrogens is 679 g/mol. The van der Waals surface area contributed by atoms with Gasteiger partial charge in [-0.05, 0) is 82.6 Å². The van der Waals surface area contributed by atoms with Crippen molar-refractivity contribution in [1.82, 2.24) is 10.6 Å². The molecule has 0 amide bonds. The van der Waals surface area contributed by atoms with Crippen LogP contribution in [0.15, 0.2) is 186 Å². The molecule has 252 valence electrons. The number of rotatable bonds is 12. The number of hydrogen-bond acceptors (Lipinski definition) is 2. The van der Waals surface area contributed by atoms with Gasteiger partial charge >= 0.3 is 0 Å². The Morgan fingerprint density at radius 3 is 1.10 bits per heavy atom. The first kappa shape index (κ1) is 36.4. The molecule has 0 fully saturated rings. The smallest absolute Gasteiger partial charge is 0.123 e. The lowest BCUT2D eigenvalue weighted by atomic mass is 9.97. The lowest BCUT2D eigenvalue weighted by molar-refractivity contribution is 0.606. The molecule has 2 nitrogen and oxygen atoms in total. The van der Waals surface area contributed by atoms with E-state index in [4.69, 9.17) is 0 Å². The molecule has 0 aliphatic rings. The minimum Gasteiger partial charge on any atom is -0.307 e. The van der Waals surface area contributed by atoms with E-state index < -0.39 is 0 Å². The monoisotopic (exact) mass is 722 g/mol. The topological polar surface area (TPSA) is 24.1 Å². The van der Waals surface area contributed by atoms with Gasteiger partial charge in [0, 0.05) is 29.6 Å². The van der Waals surface area contributed by atoms with E-state index in [1.165, 1.54) is 51.1 Å². The second-order valence-electron chi connectivity index (χ2n) is 12.1. The first-order valence-corrected chi connectivity index (χ1v) is 17.9. The fourth-order valence-corrected chi connectivity index (χ4v) is 5.95. The molecule has 2 unspecified atom stereocenters. The minimum atomic E-state index is -0.203. The van der Waals surface area contributed by atoms with Crippen LogP contribution in [0.25, 0.3) is 11.1 Å². The lowest BCUT2D eigenvalue weighted by Crippen LogP contribution is -2.18. The predicted octanol–water partition coefficient (Wildman–Crippen LogP) is 11.8.